The fourth-order valence-corrected chi connectivity index (χ4v) is 3.54. The molecule has 1 rings (SSSR count). The Morgan fingerprint density at radius 2 is 2.00 bits per heavy atom. The van der Waals surface area contributed by atoms with Crippen molar-refractivity contribution in [3.05, 3.63) is 0 Å². The molecule has 19 heavy (non-hydrogen) atoms. The van der Waals surface area contributed by atoms with Gasteiger partial charge in [0.15, 0.2) is 0 Å². The monoisotopic (exact) mass is 293 g/mol. The van der Waals surface area contributed by atoms with Crippen molar-refractivity contribution in [2.24, 2.45) is 0 Å². The number of nitrogens with zero attached hydrogens (tertiary/aromatic N) is 2. The second kappa shape index (κ2) is 8.16. The zero-order chi connectivity index (χ0) is 14.3. The fourth-order valence-electron chi connectivity index (χ4n) is 1.93. The van der Waals surface area contributed by atoms with Gasteiger partial charge in [0.2, 0.25) is 0 Å². The van der Waals surface area contributed by atoms with Crippen molar-refractivity contribution in [2.45, 2.75) is 32.2 Å². The molecule has 1 aliphatic rings. The van der Waals surface area contributed by atoms with Crippen LogP contribution >= 0.6 is 0 Å². The van der Waals surface area contributed by atoms with Gasteiger partial charge in [-0.05, 0) is 32.4 Å². The molecule has 0 aromatic rings. The lowest BCUT2D eigenvalue weighted by Crippen LogP contribution is -2.45. The maximum absolute atomic E-state index is 12.5. The minimum atomic E-state index is -3.34. The molecule has 0 aromatic heterocycles. The molecule has 1 saturated carbocycles. The predicted molar refractivity (Wildman–Crippen MR) is 76.3 cm³/mol. The van der Waals surface area contributed by atoms with E-state index in [1.165, 1.54) is 4.31 Å². The third kappa shape index (κ3) is 5.35. The average Bonchev–Trinajstić information content (AvgIpc) is 3.19. The average molecular weight is 293 g/mol. The van der Waals surface area contributed by atoms with Crippen LogP contribution in [0.1, 0.15) is 26.2 Å². The first kappa shape index (κ1) is 16.8. The number of ether oxygens (including phenoxy) is 1. The van der Waals surface area contributed by atoms with E-state index in [1.54, 1.807) is 18.5 Å². The summed E-state index contributed by atoms with van der Waals surface area (Å²) in [6, 6.07) is 0.177. The molecular formula is C12H27N3O3S. The lowest BCUT2D eigenvalue weighted by molar-refractivity contribution is 0.174. The highest BCUT2D eigenvalue weighted by Crippen LogP contribution is 2.29. The number of nitrogens with one attached hydrogen (secondary N) is 1. The topological polar surface area (TPSA) is 61.9 Å². The van der Waals surface area contributed by atoms with Gasteiger partial charge in [0.25, 0.3) is 10.2 Å². The molecule has 1 aliphatic carbocycles. The maximum atomic E-state index is 12.5. The first-order valence-electron chi connectivity index (χ1n) is 6.96. The van der Waals surface area contributed by atoms with Crippen LogP contribution in [-0.4, -0.2) is 70.0 Å². The minimum absolute atomic E-state index is 0.177. The Morgan fingerprint density at radius 1 is 1.32 bits per heavy atom. The van der Waals surface area contributed by atoms with Crippen LogP contribution in [0.3, 0.4) is 0 Å². The Labute approximate surface area is 117 Å². The van der Waals surface area contributed by atoms with Crippen molar-refractivity contribution >= 4 is 10.2 Å². The van der Waals surface area contributed by atoms with Crippen molar-refractivity contribution in [1.82, 2.24) is 13.9 Å². The highest BCUT2D eigenvalue weighted by molar-refractivity contribution is 7.86. The first-order valence-corrected chi connectivity index (χ1v) is 8.36. The zero-order valence-electron chi connectivity index (χ0n) is 12.3. The number of hydrogen-bond acceptors (Lipinski definition) is 4. The molecule has 0 radical (unpaired) electrons. The first-order chi connectivity index (χ1) is 9.04. The standard InChI is InChI=1S/C12H27N3O3S/c1-4-13-8-5-9-14(2)19(16,17)15(10-11-18-3)12-6-7-12/h12-13H,4-11H2,1-3H3. The summed E-state index contributed by atoms with van der Waals surface area (Å²) >= 11 is 0. The molecule has 1 fully saturated rings. The molecule has 0 aliphatic heterocycles. The van der Waals surface area contributed by atoms with Gasteiger partial charge in [-0.25, -0.2) is 0 Å². The zero-order valence-corrected chi connectivity index (χ0v) is 13.1. The lowest BCUT2D eigenvalue weighted by atomic mass is 10.4. The molecule has 7 heteroatoms. The van der Waals surface area contributed by atoms with Crippen LogP contribution in [0.5, 0.6) is 0 Å². The van der Waals surface area contributed by atoms with E-state index in [4.69, 9.17) is 4.74 Å². The van der Waals surface area contributed by atoms with E-state index in [0.717, 1.165) is 32.4 Å². The van der Waals surface area contributed by atoms with Crippen LogP contribution < -0.4 is 5.32 Å². The molecule has 1 N–H and O–H groups in total. The van der Waals surface area contributed by atoms with Crippen molar-refractivity contribution in [1.29, 1.82) is 0 Å². The van der Waals surface area contributed by atoms with Gasteiger partial charge in [-0.3, -0.25) is 0 Å². The van der Waals surface area contributed by atoms with Gasteiger partial charge in [-0.2, -0.15) is 17.0 Å². The molecule has 0 amide bonds. The molecular weight excluding hydrogens is 266 g/mol. The van der Waals surface area contributed by atoms with Crippen LogP contribution in [0.15, 0.2) is 0 Å². The smallest absolute Gasteiger partial charge is 0.282 e. The number of rotatable bonds is 11. The second-order valence-corrected chi connectivity index (χ2v) is 6.86. The fraction of sp³-hybridized carbons (Fsp3) is 1.00. The summed E-state index contributed by atoms with van der Waals surface area (Å²) in [6.07, 6.45) is 2.76. The summed E-state index contributed by atoms with van der Waals surface area (Å²) in [5.74, 6) is 0. The maximum Gasteiger partial charge on any atom is 0.282 e. The second-order valence-electron chi connectivity index (χ2n) is 4.87. The van der Waals surface area contributed by atoms with E-state index < -0.39 is 10.2 Å². The third-order valence-electron chi connectivity index (χ3n) is 3.24. The molecule has 0 spiro atoms. The Balaban J connectivity index is 2.49. The Bertz CT molecular complexity index is 344. The van der Waals surface area contributed by atoms with E-state index in [0.29, 0.717) is 19.7 Å². The van der Waals surface area contributed by atoms with Gasteiger partial charge in [-0.15, -0.1) is 0 Å². The van der Waals surface area contributed by atoms with Gasteiger partial charge in [0.05, 0.1) is 6.61 Å². The SMILES string of the molecule is CCNCCCN(C)S(=O)(=O)N(CCOC)C1CC1. The predicted octanol–water partition coefficient (Wildman–Crippen LogP) is 0.273. The molecule has 0 unspecified atom stereocenters. The minimum Gasteiger partial charge on any atom is -0.383 e. The molecule has 6 nitrogen and oxygen atoms in total. The van der Waals surface area contributed by atoms with Gasteiger partial charge < -0.3 is 10.1 Å². The van der Waals surface area contributed by atoms with Crippen LogP contribution in [0, 0.1) is 0 Å². The van der Waals surface area contributed by atoms with E-state index in [2.05, 4.69) is 5.32 Å². The van der Waals surface area contributed by atoms with Crippen LogP contribution in [0.4, 0.5) is 0 Å². The third-order valence-corrected chi connectivity index (χ3v) is 5.28. The quantitative estimate of drug-likeness (QED) is 0.556. The number of methoxy groups -OCH3 is 1. The van der Waals surface area contributed by atoms with E-state index in [-0.39, 0.29) is 6.04 Å². The summed E-state index contributed by atoms with van der Waals surface area (Å²) in [4.78, 5) is 0. The largest absolute Gasteiger partial charge is 0.383 e. The molecule has 0 saturated heterocycles. The number of hydrogen-bond donors (Lipinski definition) is 1. The molecule has 0 bridgehead atoms. The van der Waals surface area contributed by atoms with Crippen molar-refractivity contribution in [3.63, 3.8) is 0 Å². The summed E-state index contributed by atoms with van der Waals surface area (Å²) < 4.78 is 33.0. The molecule has 0 aromatic carbocycles. The molecule has 0 atom stereocenters. The highest BCUT2D eigenvalue weighted by Gasteiger charge is 2.38. The molecule has 114 valence electrons. The van der Waals surface area contributed by atoms with Gasteiger partial charge in [0, 0.05) is 33.3 Å². The van der Waals surface area contributed by atoms with E-state index in [9.17, 15) is 8.42 Å². The van der Waals surface area contributed by atoms with Crippen LogP contribution in [-0.2, 0) is 14.9 Å². The highest BCUT2D eigenvalue weighted by atomic mass is 32.2. The molecule has 0 heterocycles. The summed E-state index contributed by atoms with van der Waals surface area (Å²) in [5, 5.41) is 3.20. The summed E-state index contributed by atoms with van der Waals surface area (Å²) in [7, 11) is -0.0871. The van der Waals surface area contributed by atoms with Gasteiger partial charge in [-0.1, -0.05) is 6.92 Å². The van der Waals surface area contributed by atoms with E-state index in [1.807, 2.05) is 6.92 Å². The Kier molecular flexibility index (Phi) is 7.23. The van der Waals surface area contributed by atoms with E-state index >= 15 is 0 Å². The Morgan fingerprint density at radius 3 is 2.53 bits per heavy atom. The summed E-state index contributed by atoms with van der Waals surface area (Å²) in [6.45, 7) is 5.24. The van der Waals surface area contributed by atoms with Crippen molar-refractivity contribution in [2.75, 3.05) is 46.9 Å². The van der Waals surface area contributed by atoms with Crippen LogP contribution in [0.2, 0.25) is 0 Å². The van der Waals surface area contributed by atoms with Gasteiger partial charge >= 0.3 is 0 Å². The Hall–Kier alpha value is -0.210. The summed E-state index contributed by atoms with van der Waals surface area (Å²) in [5.41, 5.74) is 0. The lowest BCUT2D eigenvalue weighted by Gasteiger charge is -2.27. The van der Waals surface area contributed by atoms with Crippen molar-refractivity contribution < 1.29 is 13.2 Å². The van der Waals surface area contributed by atoms with Gasteiger partial charge in [0.1, 0.15) is 0 Å². The van der Waals surface area contributed by atoms with Crippen LogP contribution in [0.25, 0.3) is 0 Å². The van der Waals surface area contributed by atoms with Crippen molar-refractivity contribution in [3.8, 4) is 0 Å². The normalized spacial score (nSPS) is 16.5.